The van der Waals surface area contributed by atoms with Gasteiger partial charge in [-0.15, -0.1) is 0 Å². The summed E-state index contributed by atoms with van der Waals surface area (Å²) in [5.41, 5.74) is 12.2. The molecule has 184 valence electrons. The summed E-state index contributed by atoms with van der Waals surface area (Å²) in [6, 6.07) is 50.5. The topological polar surface area (TPSA) is 0 Å². The van der Waals surface area contributed by atoms with E-state index in [2.05, 4.69) is 140 Å². The lowest BCUT2D eigenvalue weighted by Gasteiger charge is -2.40. The summed E-state index contributed by atoms with van der Waals surface area (Å²) >= 11 is 8.95. The molecule has 0 radical (unpaired) electrons. The predicted molar refractivity (Wildman–Crippen MR) is 164 cm³/mol. The number of hydrogen-bond acceptors (Lipinski definition) is 1. The van der Waals surface area contributed by atoms with Crippen molar-refractivity contribution in [3.63, 3.8) is 0 Å². The fourth-order valence-corrected chi connectivity index (χ4v) is 8.33. The molecule has 39 heavy (non-hydrogen) atoms. The van der Waals surface area contributed by atoms with Crippen LogP contribution in [0.3, 0.4) is 0 Å². The molecule has 1 heterocycles. The Balaban J connectivity index is 1.46. The van der Waals surface area contributed by atoms with Gasteiger partial charge >= 0.3 is 0 Å². The molecule has 1 aliphatic carbocycles. The van der Waals surface area contributed by atoms with E-state index in [1.807, 2.05) is 11.8 Å². The van der Waals surface area contributed by atoms with E-state index < -0.39 is 5.41 Å². The summed E-state index contributed by atoms with van der Waals surface area (Å²) in [5.74, 6) is 0. The number of halogens is 1. The first kappa shape index (κ1) is 22.9. The molecule has 0 N–H and O–H groups in total. The summed E-state index contributed by atoms with van der Waals surface area (Å²) in [7, 11) is 0. The van der Waals surface area contributed by atoms with Crippen molar-refractivity contribution in [2.45, 2.75) is 15.2 Å². The van der Waals surface area contributed by atoms with Gasteiger partial charge in [-0.05, 0) is 68.3 Å². The van der Waals surface area contributed by atoms with Gasteiger partial charge < -0.3 is 0 Å². The van der Waals surface area contributed by atoms with Crippen LogP contribution >= 0.6 is 23.4 Å². The highest BCUT2D eigenvalue weighted by Gasteiger charge is 2.50. The summed E-state index contributed by atoms with van der Waals surface area (Å²) < 4.78 is 0. The summed E-state index contributed by atoms with van der Waals surface area (Å²) in [4.78, 5) is 2.51. The summed E-state index contributed by atoms with van der Waals surface area (Å²) in [6.45, 7) is 0. The molecule has 2 aliphatic rings. The molecular weight excluding hydrogens is 512 g/mol. The second kappa shape index (κ2) is 8.74. The zero-order valence-corrected chi connectivity index (χ0v) is 22.6. The van der Waals surface area contributed by atoms with E-state index in [4.69, 9.17) is 11.6 Å². The van der Waals surface area contributed by atoms with Gasteiger partial charge in [0.25, 0.3) is 0 Å². The normalized spacial score (nSPS) is 13.9. The van der Waals surface area contributed by atoms with E-state index in [0.29, 0.717) is 0 Å². The third-order valence-corrected chi connectivity index (χ3v) is 9.74. The quantitative estimate of drug-likeness (QED) is 0.212. The van der Waals surface area contributed by atoms with Gasteiger partial charge in [-0.2, -0.15) is 0 Å². The Hall–Kier alpha value is -4.04. The van der Waals surface area contributed by atoms with Crippen LogP contribution < -0.4 is 0 Å². The number of hydrogen-bond donors (Lipinski definition) is 0. The standard InChI is InChI=1S/C37H23ClS/c38-33-22-21-32-36(35(33)26-14-10-13-25(23-26)24-11-2-1-3-12-24)39-34-20-9-8-19-31(34)37(32)29-17-6-4-15-27(29)28-16-5-7-18-30(28)37/h1-23H. The van der Waals surface area contributed by atoms with E-state index in [1.54, 1.807) is 0 Å². The third kappa shape index (κ3) is 3.21. The maximum absolute atomic E-state index is 7.10. The second-order valence-electron chi connectivity index (χ2n) is 10.2. The Labute approximate surface area is 237 Å². The first-order chi connectivity index (χ1) is 19.3. The first-order valence-corrected chi connectivity index (χ1v) is 14.4. The van der Waals surface area contributed by atoms with Gasteiger partial charge in [0.05, 0.1) is 5.41 Å². The van der Waals surface area contributed by atoms with Crippen molar-refractivity contribution in [1.29, 1.82) is 0 Å². The van der Waals surface area contributed by atoms with Crippen molar-refractivity contribution >= 4 is 23.4 Å². The van der Waals surface area contributed by atoms with Crippen LogP contribution in [0.5, 0.6) is 0 Å². The molecule has 0 saturated heterocycles. The fourth-order valence-electron chi connectivity index (χ4n) is 6.65. The summed E-state index contributed by atoms with van der Waals surface area (Å²) in [6.07, 6.45) is 0. The monoisotopic (exact) mass is 534 g/mol. The Morgan fingerprint density at radius 2 is 1.05 bits per heavy atom. The van der Waals surface area contributed by atoms with Gasteiger partial charge in [-0.1, -0.05) is 145 Å². The Morgan fingerprint density at radius 1 is 0.462 bits per heavy atom. The molecule has 0 atom stereocenters. The highest BCUT2D eigenvalue weighted by molar-refractivity contribution is 7.99. The molecule has 0 saturated carbocycles. The van der Waals surface area contributed by atoms with Crippen LogP contribution in [0.4, 0.5) is 0 Å². The first-order valence-electron chi connectivity index (χ1n) is 13.2. The molecule has 1 aliphatic heterocycles. The molecule has 0 bridgehead atoms. The lowest BCUT2D eigenvalue weighted by molar-refractivity contribution is 0.723. The fraction of sp³-hybridized carbons (Fsp3) is 0.0270. The Morgan fingerprint density at radius 3 is 1.79 bits per heavy atom. The molecule has 6 aromatic rings. The zero-order chi connectivity index (χ0) is 26.0. The van der Waals surface area contributed by atoms with Crippen LogP contribution in [0, 0.1) is 0 Å². The van der Waals surface area contributed by atoms with Crippen LogP contribution in [-0.2, 0) is 5.41 Å². The molecule has 6 aromatic carbocycles. The van der Waals surface area contributed by atoms with Crippen molar-refractivity contribution in [2.24, 2.45) is 0 Å². The van der Waals surface area contributed by atoms with Gasteiger partial charge in [0.2, 0.25) is 0 Å². The second-order valence-corrected chi connectivity index (χ2v) is 11.6. The highest BCUT2D eigenvalue weighted by Crippen LogP contribution is 2.63. The molecule has 8 rings (SSSR count). The van der Waals surface area contributed by atoms with Crippen LogP contribution in [0.1, 0.15) is 22.3 Å². The molecule has 0 unspecified atom stereocenters. The molecule has 0 nitrogen and oxygen atoms in total. The largest absolute Gasteiger partial charge is 0.0887 e. The van der Waals surface area contributed by atoms with E-state index >= 15 is 0 Å². The van der Waals surface area contributed by atoms with Crippen molar-refractivity contribution in [3.05, 3.63) is 167 Å². The lowest BCUT2D eigenvalue weighted by Crippen LogP contribution is -2.32. The van der Waals surface area contributed by atoms with E-state index in [0.717, 1.165) is 16.1 Å². The predicted octanol–water partition coefficient (Wildman–Crippen LogP) is 10.5. The van der Waals surface area contributed by atoms with Crippen LogP contribution in [0.15, 0.2) is 149 Å². The van der Waals surface area contributed by atoms with Crippen LogP contribution in [-0.4, -0.2) is 0 Å². The van der Waals surface area contributed by atoms with Crippen molar-refractivity contribution < 1.29 is 0 Å². The van der Waals surface area contributed by atoms with Gasteiger partial charge in [-0.25, -0.2) is 0 Å². The van der Waals surface area contributed by atoms with Crippen LogP contribution in [0.2, 0.25) is 5.02 Å². The zero-order valence-electron chi connectivity index (χ0n) is 21.1. The number of rotatable bonds is 2. The minimum absolute atomic E-state index is 0.402. The average Bonchev–Trinajstić information content (AvgIpc) is 3.29. The maximum Gasteiger partial charge on any atom is 0.0735 e. The van der Waals surface area contributed by atoms with E-state index in [9.17, 15) is 0 Å². The summed E-state index contributed by atoms with van der Waals surface area (Å²) in [5, 5.41) is 0.778. The van der Waals surface area contributed by atoms with Gasteiger partial charge in [-0.3, -0.25) is 0 Å². The lowest BCUT2D eigenvalue weighted by atomic mass is 9.67. The molecule has 1 spiro atoms. The minimum atomic E-state index is -0.402. The smallest absolute Gasteiger partial charge is 0.0735 e. The SMILES string of the molecule is Clc1ccc2c(c1-c1cccc(-c3ccccc3)c1)Sc1ccccc1C21c2ccccc2-c2ccccc21. The van der Waals surface area contributed by atoms with Crippen molar-refractivity contribution in [3.8, 4) is 33.4 Å². The third-order valence-electron chi connectivity index (χ3n) is 8.22. The van der Waals surface area contributed by atoms with E-state index in [1.165, 1.54) is 54.3 Å². The van der Waals surface area contributed by atoms with Crippen LogP contribution in [0.25, 0.3) is 33.4 Å². The molecular formula is C37H23ClS. The van der Waals surface area contributed by atoms with Gasteiger partial charge in [0.1, 0.15) is 0 Å². The van der Waals surface area contributed by atoms with E-state index in [-0.39, 0.29) is 0 Å². The van der Waals surface area contributed by atoms with Crippen molar-refractivity contribution in [2.75, 3.05) is 0 Å². The van der Waals surface area contributed by atoms with Gasteiger partial charge in [0, 0.05) is 20.4 Å². The Kier molecular flexibility index (Phi) is 5.13. The molecule has 2 heteroatoms. The molecule has 0 amide bonds. The number of fused-ring (bicyclic) bond motifs is 9. The van der Waals surface area contributed by atoms with Crippen molar-refractivity contribution in [1.82, 2.24) is 0 Å². The highest BCUT2D eigenvalue weighted by atomic mass is 35.5. The Bertz CT molecular complexity index is 1860. The maximum atomic E-state index is 7.10. The minimum Gasteiger partial charge on any atom is -0.0887 e. The number of benzene rings is 6. The molecule has 0 aromatic heterocycles. The van der Waals surface area contributed by atoms with Gasteiger partial charge in [0.15, 0.2) is 0 Å². The average molecular weight is 535 g/mol. The molecule has 0 fully saturated rings.